The van der Waals surface area contributed by atoms with E-state index in [9.17, 15) is 4.79 Å². The second kappa shape index (κ2) is 8.54. The summed E-state index contributed by atoms with van der Waals surface area (Å²) in [5.41, 5.74) is 1.80. The number of nitrogens with one attached hydrogen (secondary N) is 1. The predicted molar refractivity (Wildman–Crippen MR) is 114 cm³/mol. The number of carbonyl (C=O) groups excluding carboxylic acids is 1. The number of amides is 1. The van der Waals surface area contributed by atoms with Crippen molar-refractivity contribution >= 4 is 58.0 Å². The van der Waals surface area contributed by atoms with Crippen LogP contribution in [0.15, 0.2) is 48.4 Å². The number of rotatable bonds is 6. The van der Waals surface area contributed by atoms with Gasteiger partial charge < -0.3 is 0 Å². The molecule has 1 aromatic carbocycles. The third-order valence-corrected chi connectivity index (χ3v) is 5.69. The molecular formula is C18H13Cl3N6OS. The van der Waals surface area contributed by atoms with Crippen LogP contribution in [0.25, 0.3) is 0 Å². The minimum Gasteiger partial charge on any atom is -0.288 e. The number of hydrogen-bond acceptors (Lipinski definition) is 5. The van der Waals surface area contributed by atoms with Crippen LogP contribution in [-0.4, -0.2) is 30.5 Å². The SMILES string of the molecule is O=C(Nc1ncn(Cc2ccc(Cl)cc2Cl)n1)c1cc(Cn2cc(Cl)cn2)cs1. The van der Waals surface area contributed by atoms with Gasteiger partial charge in [0.15, 0.2) is 0 Å². The van der Waals surface area contributed by atoms with E-state index in [1.807, 2.05) is 11.4 Å². The van der Waals surface area contributed by atoms with Gasteiger partial charge >= 0.3 is 0 Å². The third kappa shape index (κ3) is 4.97. The van der Waals surface area contributed by atoms with E-state index in [4.69, 9.17) is 34.8 Å². The molecule has 4 aromatic rings. The molecule has 4 rings (SSSR count). The number of carbonyl (C=O) groups is 1. The van der Waals surface area contributed by atoms with Crippen molar-refractivity contribution in [2.45, 2.75) is 13.1 Å². The Morgan fingerprint density at radius 2 is 1.97 bits per heavy atom. The molecular weight excluding hydrogens is 455 g/mol. The fourth-order valence-electron chi connectivity index (χ4n) is 2.61. The van der Waals surface area contributed by atoms with E-state index in [1.165, 1.54) is 17.7 Å². The molecule has 0 saturated heterocycles. The number of halogens is 3. The van der Waals surface area contributed by atoms with Crippen LogP contribution in [-0.2, 0) is 13.1 Å². The molecule has 3 aromatic heterocycles. The molecule has 7 nitrogen and oxygen atoms in total. The molecule has 0 radical (unpaired) electrons. The zero-order chi connectivity index (χ0) is 20.4. The average Bonchev–Trinajstić information content (AvgIpc) is 3.40. The van der Waals surface area contributed by atoms with Gasteiger partial charge in [0.05, 0.1) is 29.2 Å². The van der Waals surface area contributed by atoms with Crippen LogP contribution in [0.2, 0.25) is 15.1 Å². The van der Waals surface area contributed by atoms with Crippen molar-refractivity contribution in [2.24, 2.45) is 0 Å². The molecule has 0 saturated carbocycles. The van der Waals surface area contributed by atoms with Gasteiger partial charge in [-0.2, -0.15) is 5.10 Å². The molecule has 0 aliphatic carbocycles. The molecule has 148 valence electrons. The third-order valence-electron chi connectivity index (χ3n) is 3.93. The van der Waals surface area contributed by atoms with Gasteiger partial charge in [-0.25, -0.2) is 9.67 Å². The largest absolute Gasteiger partial charge is 0.288 e. The minimum absolute atomic E-state index is 0.217. The maximum absolute atomic E-state index is 12.5. The minimum atomic E-state index is -0.276. The smallest absolute Gasteiger partial charge is 0.268 e. The molecule has 0 spiro atoms. The van der Waals surface area contributed by atoms with Crippen molar-refractivity contribution in [3.05, 3.63) is 79.4 Å². The summed E-state index contributed by atoms with van der Waals surface area (Å²) in [6.07, 6.45) is 4.82. The highest BCUT2D eigenvalue weighted by molar-refractivity contribution is 7.12. The van der Waals surface area contributed by atoms with E-state index in [2.05, 4.69) is 20.5 Å². The Labute approximate surface area is 184 Å². The van der Waals surface area contributed by atoms with E-state index in [1.54, 1.807) is 40.0 Å². The maximum Gasteiger partial charge on any atom is 0.268 e. The Kier molecular flexibility index (Phi) is 5.86. The van der Waals surface area contributed by atoms with Crippen LogP contribution < -0.4 is 5.32 Å². The first-order chi connectivity index (χ1) is 14.0. The fraction of sp³-hybridized carbons (Fsp3) is 0.111. The number of hydrogen-bond donors (Lipinski definition) is 1. The van der Waals surface area contributed by atoms with E-state index < -0.39 is 0 Å². The molecule has 3 heterocycles. The molecule has 0 aliphatic rings. The summed E-state index contributed by atoms with van der Waals surface area (Å²) >= 11 is 19.3. The first-order valence-corrected chi connectivity index (χ1v) is 10.4. The van der Waals surface area contributed by atoms with E-state index in [0.29, 0.717) is 33.0 Å². The van der Waals surface area contributed by atoms with Crippen LogP contribution in [0.1, 0.15) is 20.8 Å². The lowest BCUT2D eigenvalue weighted by molar-refractivity contribution is 0.102. The molecule has 0 atom stereocenters. The summed E-state index contributed by atoms with van der Waals surface area (Å²) in [6.45, 7) is 0.944. The van der Waals surface area contributed by atoms with Gasteiger partial charge in [-0.3, -0.25) is 14.8 Å². The van der Waals surface area contributed by atoms with Gasteiger partial charge in [-0.1, -0.05) is 40.9 Å². The van der Waals surface area contributed by atoms with Crippen molar-refractivity contribution in [1.29, 1.82) is 0 Å². The van der Waals surface area contributed by atoms with E-state index in [0.717, 1.165) is 11.1 Å². The first kappa shape index (κ1) is 19.9. The highest BCUT2D eigenvalue weighted by Gasteiger charge is 2.13. The van der Waals surface area contributed by atoms with E-state index in [-0.39, 0.29) is 11.9 Å². The van der Waals surface area contributed by atoms with Crippen molar-refractivity contribution in [1.82, 2.24) is 24.5 Å². The molecule has 1 N–H and O–H groups in total. The van der Waals surface area contributed by atoms with Crippen LogP contribution in [0.4, 0.5) is 5.95 Å². The molecule has 1 amide bonds. The highest BCUT2D eigenvalue weighted by atomic mass is 35.5. The summed E-state index contributed by atoms with van der Waals surface area (Å²) in [5.74, 6) is -0.0593. The molecule has 0 fully saturated rings. The topological polar surface area (TPSA) is 77.6 Å². The van der Waals surface area contributed by atoms with Gasteiger partial charge in [0.25, 0.3) is 5.91 Å². The average molecular weight is 468 g/mol. The van der Waals surface area contributed by atoms with E-state index >= 15 is 0 Å². The molecule has 11 heteroatoms. The van der Waals surface area contributed by atoms with Crippen molar-refractivity contribution < 1.29 is 4.79 Å². The predicted octanol–water partition coefficient (Wildman–Crippen LogP) is 4.85. The Hall–Kier alpha value is -2.39. The Morgan fingerprint density at radius 3 is 2.72 bits per heavy atom. The summed E-state index contributed by atoms with van der Waals surface area (Å²) in [6, 6.07) is 7.06. The van der Waals surface area contributed by atoms with Gasteiger partial charge in [0, 0.05) is 16.2 Å². The molecule has 0 aliphatic heterocycles. The van der Waals surface area contributed by atoms with Crippen molar-refractivity contribution in [3.63, 3.8) is 0 Å². The lowest BCUT2D eigenvalue weighted by Gasteiger charge is -2.04. The zero-order valence-corrected chi connectivity index (χ0v) is 17.8. The standard InChI is InChI=1S/C18H13Cl3N6OS/c19-13-2-1-12(15(21)4-13)7-27-10-22-18(25-27)24-17(28)16-3-11(9-29-16)6-26-8-14(20)5-23-26/h1-5,8-10H,6-7H2,(H,24,25,28). The van der Waals surface area contributed by atoms with Crippen LogP contribution in [0, 0.1) is 0 Å². The Bertz CT molecular complexity index is 1170. The Morgan fingerprint density at radius 1 is 1.10 bits per heavy atom. The number of nitrogens with zero attached hydrogens (tertiary/aromatic N) is 5. The van der Waals surface area contributed by atoms with Gasteiger partial charge in [0.1, 0.15) is 6.33 Å². The van der Waals surface area contributed by atoms with Crippen LogP contribution in [0.3, 0.4) is 0 Å². The monoisotopic (exact) mass is 466 g/mol. The summed E-state index contributed by atoms with van der Waals surface area (Å²) in [5, 5.41) is 14.7. The number of aromatic nitrogens is 5. The van der Waals surface area contributed by atoms with Crippen molar-refractivity contribution in [3.8, 4) is 0 Å². The normalized spacial score (nSPS) is 11.0. The van der Waals surface area contributed by atoms with Gasteiger partial charge in [-0.05, 0) is 34.7 Å². The quantitative estimate of drug-likeness (QED) is 0.440. The van der Waals surface area contributed by atoms with Gasteiger partial charge in [-0.15, -0.1) is 16.4 Å². The number of thiophene rings is 1. The molecule has 0 unspecified atom stereocenters. The van der Waals surface area contributed by atoms with Crippen molar-refractivity contribution in [2.75, 3.05) is 5.32 Å². The second-order valence-electron chi connectivity index (χ2n) is 6.13. The van der Waals surface area contributed by atoms with Crippen LogP contribution >= 0.6 is 46.1 Å². The summed E-state index contributed by atoms with van der Waals surface area (Å²) in [4.78, 5) is 17.2. The fourth-order valence-corrected chi connectivity index (χ4v) is 4.03. The molecule has 0 bridgehead atoms. The first-order valence-electron chi connectivity index (χ1n) is 8.36. The number of anilines is 1. The maximum atomic E-state index is 12.5. The summed E-state index contributed by atoms with van der Waals surface area (Å²) < 4.78 is 3.29. The lowest BCUT2D eigenvalue weighted by atomic mass is 10.2. The highest BCUT2D eigenvalue weighted by Crippen LogP contribution is 2.22. The zero-order valence-electron chi connectivity index (χ0n) is 14.7. The molecule has 29 heavy (non-hydrogen) atoms. The van der Waals surface area contributed by atoms with Crippen LogP contribution in [0.5, 0.6) is 0 Å². The lowest BCUT2D eigenvalue weighted by Crippen LogP contribution is -2.12. The number of benzene rings is 1. The summed E-state index contributed by atoms with van der Waals surface area (Å²) in [7, 11) is 0. The van der Waals surface area contributed by atoms with Gasteiger partial charge in [0.2, 0.25) is 5.95 Å². The Balaban J connectivity index is 1.39. The second-order valence-corrected chi connectivity index (χ2v) is 8.32.